The van der Waals surface area contributed by atoms with Crippen molar-refractivity contribution < 1.29 is 5.11 Å². The van der Waals surface area contributed by atoms with Crippen LogP contribution in [-0.4, -0.2) is 6.61 Å². The second-order valence-electron chi connectivity index (χ2n) is 1.99. The number of allylic oxidation sites excluding steroid dienone is 2. The van der Waals surface area contributed by atoms with Gasteiger partial charge in [0.15, 0.2) is 0 Å². The van der Waals surface area contributed by atoms with E-state index in [2.05, 4.69) is 0 Å². The van der Waals surface area contributed by atoms with Gasteiger partial charge in [-0.2, -0.15) is 0 Å². The van der Waals surface area contributed by atoms with Crippen molar-refractivity contribution in [2.45, 2.75) is 26.2 Å². The van der Waals surface area contributed by atoms with E-state index in [4.69, 9.17) is 5.73 Å². The molecule has 0 aliphatic rings. The molecule has 2 nitrogen and oxygen atoms in total. The highest BCUT2D eigenvalue weighted by molar-refractivity contribution is 4.94. The summed E-state index contributed by atoms with van der Waals surface area (Å²) in [6, 6.07) is 0. The van der Waals surface area contributed by atoms with E-state index in [9.17, 15) is 5.11 Å². The van der Waals surface area contributed by atoms with E-state index in [1.165, 1.54) is 0 Å². The monoisotopic (exact) mass is 128 g/mol. The Bertz CT molecular complexity index is 88.9. The Labute approximate surface area is 56.4 Å². The van der Waals surface area contributed by atoms with Gasteiger partial charge in [0.05, 0.1) is 6.61 Å². The minimum Gasteiger partial charge on any atom is -0.402 e. The number of hydrogen-bond donors (Lipinski definition) is 1. The summed E-state index contributed by atoms with van der Waals surface area (Å²) in [6.45, 7) is 2.02. The highest BCUT2D eigenvalue weighted by Gasteiger charge is 1.87. The summed E-state index contributed by atoms with van der Waals surface area (Å²) < 4.78 is 0. The first-order valence-electron chi connectivity index (χ1n) is 3.33. The smallest absolute Gasteiger partial charge is 0.0826 e. The zero-order valence-electron chi connectivity index (χ0n) is 5.89. The molecule has 2 N–H and O–H groups in total. The fraction of sp³-hybridized carbons (Fsp3) is 0.714. The van der Waals surface area contributed by atoms with Crippen molar-refractivity contribution in [1.29, 1.82) is 0 Å². The lowest BCUT2D eigenvalue weighted by Crippen LogP contribution is -1.97. The van der Waals surface area contributed by atoms with E-state index in [1.807, 2.05) is 13.0 Å². The van der Waals surface area contributed by atoms with E-state index < -0.39 is 0 Å². The maximum atomic E-state index is 9.96. The first-order chi connectivity index (χ1) is 4.31. The SMILES string of the molecule is CCC=C(N)CCC[O]. The van der Waals surface area contributed by atoms with Gasteiger partial charge in [-0.15, -0.1) is 0 Å². The van der Waals surface area contributed by atoms with Crippen LogP contribution in [0.15, 0.2) is 11.8 Å². The number of nitrogens with two attached hydrogens (primary N) is 1. The first-order valence-corrected chi connectivity index (χ1v) is 3.33. The Hall–Kier alpha value is -0.500. The predicted octanol–water partition coefficient (Wildman–Crippen LogP) is 1.45. The molecule has 0 bridgehead atoms. The largest absolute Gasteiger partial charge is 0.402 e. The van der Waals surface area contributed by atoms with Crippen LogP contribution in [0.1, 0.15) is 26.2 Å². The second kappa shape index (κ2) is 5.63. The van der Waals surface area contributed by atoms with E-state index in [0.717, 1.165) is 18.5 Å². The van der Waals surface area contributed by atoms with Crippen LogP contribution in [0.2, 0.25) is 0 Å². The molecule has 0 saturated heterocycles. The third kappa shape index (κ3) is 5.37. The van der Waals surface area contributed by atoms with Gasteiger partial charge in [-0.25, -0.2) is 5.11 Å². The molecule has 0 aromatic rings. The average molecular weight is 128 g/mol. The second-order valence-corrected chi connectivity index (χ2v) is 1.99. The highest BCUT2D eigenvalue weighted by Crippen LogP contribution is 1.97. The van der Waals surface area contributed by atoms with E-state index in [1.54, 1.807) is 0 Å². The van der Waals surface area contributed by atoms with Crippen LogP contribution in [0.3, 0.4) is 0 Å². The topological polar surface area (TPSA) is 45.9 Å². The lowest BCUT2D eigenvalue weighted by atomic mass is 10.2. The molecule has 0 fully saturated rings. The van der Waals surface area contributed by atoms with Gasteiger partial charge in [0.25, 0.3) is 0 Å². The van der Waals surface area contributed by atoms with Crippen molar-refractivity contribution in [3.63, 3.8) is 0 Å². The van der Waals surface area contributed by atoms with Gasteiger partial charge in [-0.3, -0.25) is 0 Å². The molecule has 0 aliphatic heterocycles. The van der Waals surface area contributed by atoms with E-state index in [0.29, 0.717) is 6.42 Å². The van der Waals surface area contributed by atoms with Crippen LogP contribution in [0.25, 0.3) is 0 Å². The molecule has 0 rings (SSSR count). The van der Waals surface area contributed by atoms with Crippen LogP contribution in [0.4, 0.5) is 0 Å². The summed E-state index contributed by atoms with van der Waals surface area (Å²) in [7, 11) is 0. The zero-order valence-corrected chi connectivity index (χ0v) is 5.89. The fourth-order valence-corrected chi connectivity index (χ4v) is 0.641. The van der Waals surface area contributed by atoms with Gasteiger partial charge in [-0.05, 0) is 19.3 Å². The normalized spacial score (nSPS) is 12.0. The Morgan fingerprint density at radius 3 is 2.78 bits per heavy atom. The summed E-state index contributed by atoms with van der Waals surface area (Å²) in [5.74, 6) is 0. The lowest BCUT2D eigenvalue weighted by Gasteiger charge is -1.95. The van der Waals surface area contributed by atoms with Gasteiger partial charge in [0, 0.05) is 5.70 Å². The maximum absolute atomic E-state index is 9.96. The van der Waals surface area contributed by atoms with Gasteiger partial charge in [0.1, 0.15) is 0 Å². The molecule has 0 amide bonds. The zero-order chi connectivity index (χ0) is 7.11. The standard InChI is InChI=1S/C7H14NO/c1-2-4-7(8)5-3-6-9/h4H,2-3,5-6,8H2,1H3. The first kappa shape index (κ1) is 8.50. The quantitative estimate of drug-likeness (QED) is 0.612. The minimum absolute atomic E-state index is 0.0156. The fourth-order valence-electron chi connectivity index (χ4n) is 0.641. The van der Waals surface area contributed by atoms with E-state index >= 15 is 0 Å². The van der Waals surface area contributed by atoms with Crippen LogP contribution in [0.5, 0.6) is 0 Å². The van der Waals surface area contributed by atoms with Crippen molar-refractivity contribution in [2.24, 2.45) is 5.73 Å². The van der Waals surface area contributed by atoms with Crippen molar-refractivity contribution in [3.05, 3.63) is 11.8 Å². The van der Waals surface area contributed by atoms with Crippen molar-refractivity contribution >= 4 is 0 Å². The molecule has 0 heterocycles. The molecule has 53 valence electrons. The summed E-state index contributed by atoms with van der Waals surface area (Å²) in [5, 5.41) is 9.96. The van der Waals surface area contributed by atoms with Crippen molar-refractivity contribution in [2.75, 3.05) is 6.61 Å². The molecule has 0 spiro atoms. The van der Waals surface area contributed by atoms with Crippen molar-refractivity contribution in [3.8, 4) is 0 Å². The molecular formula is C7H14NO. The molecule has 0 saturated carbocycles. The van der Waals surface area contributed by atoms with Gasteiger partial charge >= 0.3 is 0 Å². The number of rotatable bonds is 4. The number of hydrogen-bond acceptors (Lipinski definition) is 1. The summed E-state index contributed by atoms with van der Waals surface area (Å²) >= 11 is 0. The Kier molecular flexibility index (Phi) is 5.32. The molecule has 0 aliphatic carbocycles. The molecule has 0 aromatic carbocycles. The molecular weight excluding hydrogens is 114 g/mol. The molecule has 2 heteroatoms. The lowest BCUT2D eigenvalue weighted by molar-refractivity contribution is 0.189. The minimum atomic E-state index is -0.0156. The van der Waals surface area contributed by atoms with E-state index in [-0.39, 0.29) is 6.61 Å². The molecule has 0 unspecified atom stereocenters. The Morgan fingerprint density at radius 1 is 1.67 bits per heavy atom. The van der Waals surface area contributed by atoms with Crippen LogP contribution >= 0.6 is 0 Å². The molecule has 9 heavy (non-hydrogen) atoms. The third-order valence-corrected chi connectivity index (χ3v) is 1.08. The van der Waals surface area contributed by atoms with Crippen LogP contribution in [0, 0.1) is 0 Å². The Morgan fingerprint density at radius 2 is 2.33 bits per heavy atom. The average Bonchev–Trinajstić information content (AvgIpc) is 1.85. The summed E-state index contributed by atoms with van der Waals surface area (Å²) in [4.78, 5) is 0. The van der Waals surface area contributed by atoms with Gasteiger partial charge < -0.3 is 5.73 Å². The van der Waals surface area contributed by atoms with Crippen LogP contribution in [-0.2, 0) is 5.11 Å². The Balaban J connectivity index is 3.25. The molecule has 0 atom stereocenters. The summed E-state index contributed by atoms with van der Waals surface area (Å²) in [5.41, 5.74) is 6.35. The summed E-state index contributed by atoms with van der Waals surface area (Å²) in [6.07, 6.45) is 4.35. The predicted molar refractivity (Wildman–Crippen MR) is 37.3 cm³/mol. The molecule has 0 aromatic heterocycles. The molecule has 1 radical (unpaired) electrons. The third-order valence-electron chi connectivity index (χ3n) is 1.08. The maximum Gasteiger partial charge on any atom is 0.0826 e. The van der Waals surface area contributed by atoms with Crippen molar-refractivity contribution in [1.82, 2.24) is 0 Å². The van der Waals surface area contributed by atoms with Gasteiger partial charge in [0.2, 0.25) is 0 Å². The van der Waals surface area contributed by atoms with Crippen LogP contribution < -0.4 is 5.73 Å². The van der Waals surface area contributed by atoms with Gasteiger partial charge in [-0.1, -0.05) is 13.0 Å². The highest BCUT2D eigenvalue weighted by atomic mass is 16.2.